The number of carbonyl (C=O) groups is 1. The minimum atomic E-state index is -0.390. The van der Waals surface area contributed by atoms with E-state index in [-0.39, 0.29) is 6.61 Å². The van der Waals surface area contributed by atoms with E-state index in [0.29, 0.717) is 17.7 Å². The molecule has 1 aromatic carbocycles. The highest BCUT2D eigenvalue weighted by atomic mass is 32.2. The fourth-order valence-electron chi connectivity index (χ4n) is 1.19. The lowest BCUT2D eigenvalue weighted by Gasteiger charge is -2.07. The molecule has 4 nitrogen and oxygen atoms in total. The third kappa shape index (κ3) is 3.43. The van der Waals surface area contributed by atoms with Crippen LogP contribution in [0.2, 0.25) is 0 Å². The number of hydrogen-bond donors (Lipinski definition) is 2. The number of carbonyl (C=O) groups excluding carboxylic acids is 1. The van der Waals surface area contributed by atoms with Crippen LogP contribution >= 0.6 is 11.8 Å². The summed E-state index contributed by atoms with van der Waals surface area (Å²) in [6.07, 6.45) is 0.690. The number of ether oxygens (including phenoxy) is 1. The van der Waals surface area contributed by atoms with E-state index >= 15 is 0 Å². The molecule has 0 radical (unpaired) electrons. The number of anilines is 1. The van der Waals surface area contributed by atoms with Crippen molar-refractivity contribution in [1.29, 1.82) is 0 Å². The van der Waals surface area contributed by atoms with Gasteiger partial charge in [-0.3, -0.25) is 0 Å². The Hall–Kier alpha value is -1.20. The Labute approximate surface area is 98.8 Å². The minimum Gasteiger partial charge on any atom is -0.465 e. The molecule has 0 fully saturated rings. The van der Waals surface area contributed by atoms with Crippen LogP contribution in [0.4, 0.5) is 5.69 Å². The van der Waals surface area contributed by atoms with Crippen molar-refractivity contribution >= 4 is 23.4 Å². The third-order valence-electron chi connectivity index (χ3n) is 1.97. The lowest BCUT2D eigenvalue weighted by Crippen LogP contribution is -2.04. The maximum Gasteiger partial charge on any atom is 0.339 e. The highest BCUT2D eigenvalue weighted by molar-refractivity contribution is 7.99. The van der Waals surface area contributed by atoms with Gasteiger partial charge in [0.15, 0.2) is 0 Å². The van der Waals surface area contributed by atoms with E-state index in [1.165, 1.54) is 18.9 Å². The van der Waals surface area contributed by atoms with Gasteiger partial charge in [0.25, 0.3) is 0 Å². The van der Waals surface area contributed by atoms with E-state index in [4.69, 9.17) is 10.8 Å². The number of thioether (sulfide) groups is 1. The Morgan fingerprint density at radius 1 is 1.56 bits per heavy atom. The average molecular weight is 241 g/mol. The summed E-state index contributed by atoms with van der Waals surface area (Å²) in [6.45, 7) is 0.148. The first-order valence-corrected chi connectivity index (χ1v) is 5.89. The van der Waals surface area contributed by atoms with Crippen LogP contribution in [0.1, 0.15) is 16.8 Å². The summed E-state index contributed by atoms with van der Waals surface area (Å²) in [5.41, 5.74) is 6.63. The van der Waals surface area contributed by atoms with E-state index in [0.717, 1.165) is 10.6 Å². The van der Waals surface area contributed by atoms with Gasteiger partial charge in [-0.2, -0.15) is 0 Å². The van der Waals surface area contributed by atoms with E-state index < -0.39 is 5.97 Å². The van der Waals surface area contributed by atoms with Gasteiger partial charge in [0.1, 0.15) is 0 Å². The summed E-state index contributed by atoms with van der Waals surface area (Å²) < 4.78 is 4.68. The maximum atomic E-state index is 11.5. The molecule has 5 heteroatoms. The Balaban J connectivity index is 2.85. The number of esters is 1. The van der Waals surface area contributed by atoms with Crippen molar-refractivity contribution in [2.75, 3.05) is 25.2 Å². The molecular weight excluding hydrogens is 226 g/mol. The van der Waals surface area contributed by atoms with Crippen LogP contribution in [0, 0.1) is 0 Å². The molecule has 0 atom stereocenters. The fraction of sp³-hybridized carbons (Fsp3) is 0.364. The molecule has 0 bridgehead atoms. The molecule has 0 heterocycles. The standard InChI is InChI=1S/C11H15NO3S/c1-15-11(14)9-7-8(12)3-4-10(9)16-6-2-5-13/h3-4,7,13H,2,5-6,12H2,1H3. The quantitative estimate of drug-likeness (QED) is 0.354. The summed E-state index contributed by atoms with van der Waals surface area (Å²) in [5, 5.41) is 8.69. The Bertz CT molecular complexity index is 368. The molecule has 0 saturated heterocycles. The smallest absolute Gasteiger partial charge is 0.339 e. The predicted octanol–water partition coefficient (Wildman–Crippen LogP) is 1.53. The van der Waals surface area contributed by atoms with Crippen LogP contribution < -0.4 is 5.73 Å². The van der Waals surface area contributed by atoms with Crippen molar-refractivity contribution in [2.45, 2.75) is 11.3 Å². The molecule has 1 rings (SSSR count). The first-order chi connectivity index (χ1) is 7.69. The summed E-state index contributed by atoms with van der Waals surface area (Å²) >= 11 is 1.51. The van der Waals surface area contributed by atoms with Gasteiger partial charge >= 0.3 is 5.97 Å². The van der Waals surface area contributed by atoms with Gasteiger partial charge in [-0.25, -0.2) is 4.79 Å². The molecule has 1 aromatic rings. The van der Waals surface area contributed by atoms with Crippen molar-refractivity contribution in [3.05, 3.63) is 23.8 Å². The zero-order valence-corrected chi connectivity index (χ0v) is 9.92. The average Bonchev–Trinajstić information content (AvgIpc) is 2.30. The summed E-state index contributed by atoms with van der Waals surface area (Å²) in [6, 6.07) is 5.14. The van der Waals surface area contributed by atoms with E-state index in [2.05, 4.69) is 4.74 Å². The predicted molar refractivity (Wildman–Crippen MR) is 64.6 cm³/mol. The molecule has 3 N–H and O–H groups in total. The van der Waals surface area contributed by atoms with Crippen molar-refractivity contribution in [3.63, 3.8) is 0 Å². The molecule has 0 aliphatic carbocycles. The zero-order valence-electron chi connectivity index (χ0n) is 9.10. The molecule has 0 aliphatic heterocycles. The number of rotatable bonds is 5. The van der Waals surface area contributed by atoms with Gasteiger partial charge in [0, 0.05) is 22.9 Å². The highest BCUT2D eigenvalue weighted by Crippen LogP contribution is 2.25. The number of aliphatic hydroxyl groups is 1. The lowest BCUT2D eigenvalue weighted by molar-refractivity contribution is 0.0597. The lowest BCUT2D eigenvalue weighted by atomic mass is 10.2. The van der Waals surface area contributed by atoms with Gasteiger partial charge in [0.2, 0.25) is 0 Å². The van der Waals surface area contributed by atoms with Crippen molar-refractivity contribution < 1.29 is 14.6 Å². The van der Waals surface area contributed by atoms with Crippen LogP contribution in [-0.2, 0) is 4.74 Å². The third-order valence-corrected chi connectivity index (χ3v) is 3.13. The summed E-state index contributed by atoms with van der Waals surface area (Å²) in [7, 11) is 1.34. The normalized spacial score (nSPS) is 10.1. The first kappa shape index (κ1) is 12.9. The molecule has 0 spiro atoms. The number of nitrogens with two attached hydrogens (primary N) is 1. The zero-order chi connectivity index (χ0) is 12.0. The number of nitrogen functional groups attached to an aromatic ring is 1. The fourth-order valence-corrected chi connectivity index (χ4v) is 2.14. The van der Waals surface area contributed by atoms with Gasteiger partial charge in [-0.15, -0.1) is 11.8 Å². The topological polar surface area (TPSA) is 72.5 Å². The molecular formula is C11H15NO3S. The van der Waals surface area contributed by atoms with Crippen LogP contribution in [0.5, 0.6) is 0 Å². The largest absolute Gasteiger partial charge is 0.465 e. The second-order valence-corrected chi connectivity index (χ2v) is 4.31. The Morgan fingerprint density at radius 2 is 2.31 bits per heavy atom. The van der Waals surface area contributed by atoms with Gasteiger partial charge < -0.3 is 15.6 Å². The molecule has 0 aliphatic rings. The number of benzene rings is 1. The molecule has 0 unspecified atom stereocenters. The number of methoxy groups -OCH3 is 1. The molecule has 88 valence electrons. The molecule has 16 heavy (non-hydrogen) atoms. The highest BCUT2D eigenvalue weighted by Gasteiger charge is 2.12. The van der Waals surface area contributed by atoms with Crippen LogP contribution in [0.3, 0.4) is 0 Å². The van der Waals surface area contributed by atoms with Crippen molar-refractivity contribution in [3.8, 4) is 0 Å². The second-order valence-electron chi connectivity index (χ2n) is 3.17. The Morgan fingerprint density at radius 3 is 2.94 bits per heavy atom. The maximum absolute atomic E-state index is 11.5. The molecule has 0 amide bonds. The van der Waals surface area contributed by atoms with E-state index in [9.17, 15) is 4.79 Å². The molecule has 0 aromatic heterocycles. The van der Waals surface area contributed by atoms with Gasteiger partial charge in [-0.05, 0) is 24.6 Å². The van der Waals surface area contributed by atoms with E-state index in [1.54, 1.807) is 18.2 Å². The molecule has 0 saturated carbocycles. The van der Waals surface area contributed by atoms with Crippen LogP contribution in [0.15, 0.2) is 23.1 Å². The SMILES string of the molecule is COC(=O)c1cc(N)ccc1SCCCO. The van der Waals surface area contributed by atoms with Crippen molar-refractivity contribution in [2.24, 2.45) is 0 Å². The minimum absolute atomic E-state index is 0.148. The Kier molecular flexibility index (Phi) is 5.14. The summed E-state index contributed by atoms with van der Waals surface area (Å²) in [4.78, 5) is 12.3. The van der Waals surface area contributed by atoms with Crippen LogP contribution in [-0.4, -0.2) is 30.5 Å². The second kappa shape index (κ2) is 6.40. The van der Waals surface area contributed by atoms with Crippen molar-refractivity contribution in [1.82, 2.24) is 0 Å². The number of hydrogen-bond acceptors (Lipinski definition) is 5. The van der Waals surface area contributed by atoms with E-state index in [1.807, 2.05) is 0 Å². The van der Waals surface area contributed by atoms with Crippen LogP contribution in [0.25, 0.3) is 0 Å². The van der Waals surface area contributed by atoms with Gasteiger partial charge in [0.05, 0.1) is 12.7 Å². The monoisotopic (exact) mass is 241 g/mol. The van der Waals surface area contributed by atoms with Gasteiger partial charge in [-0.1, -0.05) is 0 Å². The first-order valence-electron chi connectivity index (χ1n) is 4.90. The number of aliphatic hydroxyl groups excluding tert-OH is 1. The summed E-state index contributed by atoms with van der Waals surface area (Å²) in [5.74, 6) is 0.364.